The number of hydrogen-bond acceptors (Lipinski definition) is 7. The summed E-state index contributed by atoms with van der Waals surface area (Å²) in [4.78, 5) is 23.4. The van der Waals surface area contributed by atoms with Crippen molar-refractivity contribution in [2.24, 2.45) is 0 Å². The van der Waals surface area contributed by atoms with Crippen LogP contribution in [0.2, 0.25) is 0 Å². The molecule has 0 spiro atoms. The van der Waals surface area contributed by atoms with Gasteiger partial charge in [-0.2, -0.15) is 0 Å². The third-order valence-electron chi connectivity index (χ3n) is 2.83. The second-order valence-electron chi connectivity index (χ2n) is 4.51. The second-order valence-corrected chi connectivity index (χ2v) is 7.07. The van der Waals surface area contributed by atoms with Crippen molar-refractivity contribution in [2.45, 2.75) is 23.4 Å². The van der Waals surface area contributed by atoms with Gasteiger partial charge < -0.3 is 10.6 Å². The Labute approximate surface area is 136 Å². The molecule has 0 radical (unpaired) electrons. The number of thioether (sulfide) groups is 1. The summed E-state index contributed by atoms with van der Waals surface area (Å²) in [6.07, 6.45) is 0. The van der Waals surface area contributed by atoms with E-state index in [2.05, 4.69) is 20.8 Å². The first-order valence-corrected chi connectivity index (χ1v) is 8.29. The van der Waals surface area contributed by atoms with Crippen LogP contribution in [0.4, 0.5) is 10.8 Å². The number of hydrogen-bond donors (Lipinski definition) is 2. The molecule has 1 heterocycles. The second kappa shape index (κ2) is 7.37. The van der Waals surface area contributed by atoms with E-state index in [1.165, 1.54) is 30.0 Å². The molecule has 0 fully saturated rings. The zero-order valence-corrected chi connectivity index (χ0v) is 14.0. The number of carbonyl (C=O) groups excluding carboxylic acids is 2. The van der Waals surface area contributed by atoms with Crippen LogP contribution in [0, 0.1) is 0 Å². The van der Waals surface area contributed by atoms with Crippen LogP contribution in [0.1, 0.15) is 24.2 Å². The minimum atomic E-state index is -0.301. The van der Waals surface area contributed by atoms with Crippen LogP contribution in [-0.2, 0) is 4.79 Å². The summed E-state index contributed by atoms with van der Waals surface area (Å²) < 4.78 is 0.735. The number of Topliss-reactive ketones (excluding diaryl/α,β-unsaturated/α-hetero) is 1. The highest BCUT2D eigenvalue weighted by Gasteiger charge is 2.17. The molecule has 2 rings (SSSR count). The SMILES string of the molecule is CNc1nnc(S[C@@H](C)C(=O)Nc2ccc(C(C)=O)cc2)s1. The smallest absolute Gasteiger partial charge is 0.237 e. The third kappa shape index (κ3) is 4.28. The van der Waals surface area contributed by atoms with Crippen molar-refractivity contribution < 1.29 is 9.59 Å². The molecule has 8 heteroatoms. The third-order valence-corrected chi connectivity index (χ3v) is 4.95. The van der Waals surface area contributed by atoms with E-state index < -0.39 is 0 Å². The number of rotatable bonds is 6. The van der Waals surface area contributed by atoms with Crippen LogP contribution < -0.4 is 10.6 Å². The molecule has 22 heavy (non-hydrogen) atoms. The van der Waals surface area contributed by atoms with E-state index in [4.69, 9.17) is 0 Å². The summed E-state index contributed by atoms with van der Waals surface area (Å²) in [6.45, 7) is 3.32. The maximum Gasteiger partial charge on any atom is 0.237 e. The average molecular weight is 336 g/mol. The lowest BCUT2D eigenvalue weighted by molar-refractivity contribution is -0.115. The van der Waals surface area contributed by atoms with Gasteiger partial charge in [0.15, 0.2) is 10.1 Å². The summed E-state index contributed by atoms with van der Waals surface area (Å²) in [5.74, 6) is -0.125. The van der Waals surface area contributed by atoms with E-state index in [0.717, 1.165) is 9.47 Å². The predicted octanol–water partition coefficient (Wildman–Crippen LogP) is 2.90. The first-order chi connectivity index (χ1) is 10.5. The van der Waals surface area contributed by atoms with Gasteiger partial charge >= 0.3 is 0 Å². The number of aromatic nitrogens is 2. The lowest BCUT2D eigenvalue weighted by Gasteiger charge is -2.10. The quantitative estimate of drug-likeness (QED) is 0.623. The van der Waals surface area contributed by atoms with Gasteiger partial charge in [0.1, 0.15) is 0 Å². The molecule has 0 bridgehead atoms. The molecule has 1 aromatic carbocycles. The van der Waals surface area contributed by atoms with Crippen molar-refractivity contribution in [3.63, 3.8) is 0 Å². The van der Waals surface area contributed by atoms with Gasteiger partial charge in [-0.05, 0) is 38.1 Å². The van der Waals surface area contributed by atoms with Crippen LogP contribution in [0.3, 0.4) is 0 Å². The van der Waals surface area contributed by atoms with Gasteiger partial charge in [0.2, 0.25) is 11.0 Å². The molecule has 0 saturated carbocycles. The number of nitrogens with one attached hydrogen (secondary N) is 2. The largest absolute Gasteiger partial charge is 0.363 e. The molecule has 0 saturated heterocycles. The minimum Gasteiger partial charge on any atom is -0.363 e. The standard InChI is InChI=1S/C14H16N4O2S2/c1-8(19)10-4-6-11(7-5-10)16-12(20)9(2)21-14-18-17-13(15-3)22-14/h4-7,9H,1-3H3,(H,15,17)(H,16,20)/t9-/m0/s1. The Kier molecular flexibility index (Phi) is 5.51. The van der Waals surface area contributed by atoms with Crippen LogP contribution in [0.25, 0.3) is 0 Å². The van der Waals surface area contributed by atoms with Crippen molar-refractivity contribution in [2.75, 3.05) is 17.7 Å². The topological polar surface area (TPSA) is 84.0 Å². The van der Waals surface area contributed by atoms with Gasteiger partial charge in [0.25, 0.3) is 0 Å². The molecule has 6 nitrogen and oxygen atoms in total. The van der Waals surface area contributed by atoms with Gasteiger partial charge in [0.05, 0.1) is 5.25 Å². The Morgan fingerprint density at radius 3 is 2.45 bits per heavy atom. The van der Waals surface area contributed by atoms with Gasteiger partial charge in [-0.3, -0.25) is 9.59 Å². The van der Waals surface area contributed by atoms with Crippen molar-refractivity contribution >= 4 is 45.6 Å². The summed E-state index contributed by atoms with van der Waals surface area (Å²) in [6, 6.07) is 6.82. The fourth-order valence-electron chi connectivity index (χ4n) is 1.60. The van der Waals surface area contributed by atoms with Gasteiger partial charge in [-0.1, -0.05) is 23.1 Å². The number of anilines is 2. The monoisotopic (exact) mass is 336 g/mol. The molecular weight excluding hydrogens is 320 g/mol. The highest BCUT2D eigenvalue weighted by Crippen LogP contribution is 2.29. The van der Waals surface area contributed by atoms with E-state index in [-0.39, 0.29) is 16.9 Å². The molecule has 0 aliphatic heterocycles. The molecule has 1 atom stereocenters. The summed E-state index contributed by atoms with van der Waals surface area (Å²) >= 11 is 2.76. The van der Waals surface area contributed by atoms with Crippen molar-refractivity contribution in [3.05, 3.63) is 29.8 Å². The summed E-state index contributed by atoms with van der Waals surface area (Å²) in [5, 5.41) is 14.1. The highest BCUT2D eigenvalue weighted by atomic mass is 32.2. The molecule has 0 unspecified atom stereocenters. The van der Waals surface area contributed by atoms with Crippen LogP contribution >= 0.6 is 23.1 Å². The minimum absolute atomic E-state index is 0.00147. The van der Waals surface area contributed by atoms with E-state index in [0.29, 0.717) is 11.3 Å². The average Bonchev–Trinajstić information content (AvgIpc) is 2.95. The van der Waals surface area contributed by atoms with E-state index >= 15 is 0 Å². The number of nitrogens with zero attached hydrogens (tertiary/aromatic N) is 2. The predicted molar refractivity (Wildman–Crippen MR) is 89.9 cm³/mol. The summed E-state index contributed by atoms with van der Waals surface area (Å²) in [7, 11) is 1.77. The Hall–Kier alpha value is -1.93. The zero-order chi connectivity index (χ0) is 16.1. The van der Waals surface area contributed by atoms with E-state index in [9.17, 15) is 9.59 Å². The molecule has 1 aromatic heterocycles. The Balaban J connectivity index is 1.94. The number of carbonyl (C=O) groups is 2. The van der Waals surface area contributed by atoms with Crippen LogP contribution in [0.15, 0.2) is 28.6 Å². The number of ketones is 1. The molecule has 0 aliphatic carbocycles. The van der Waals surface area contributed by atoms with E-state index in [1.54, 1.807) is 31.3 Å². The highest BCUT2D eigenvalue weighted by molar-refractivity contribution is 8.02. The fourth-order valence-corrected chi connectivity index (χ4v) is 3.44. The lowest BCUT2D eigenvalue weighted by Crippen LogP contribution is -2.22. The van der Waals surface area contributed by atoms with Crippen LogP contribution in [0.5, 0.6) is 0 Å². The first-order valence-electron chi connectivity index (χ1n) is 6.59. The number of amides is 1. The van der Waals surface area contributed by atoms with Crippen molar-refractivity contribution in [1.29, 1.82) is 0 Å². The van der Waals surface area contributed by atoms with Crippen LogP contribution in [-0.4, -0.2) is 34.2 Å². The summed E-state index contributed by atoms with van der Waals surface area (Å²) in [5.41, 5.74) is 1.28. The Morgan fingerprint density at radius 1 is 1.23 bits per heavy atom. The Morgan fingerprint density at radius 2 is 1.91 bits per heavy atom. The molecule has 116 valence electrons. The normalized spacial score (nSPS) is 11.8. The fraction of sp³-hybridized carbons (Fsp3) is 0.286. The zero-order valence-electron chi connectivity index (χ0n) is 12.4. The molecule has 0 aliphatic rings. The van der Waals surface area contributed by atoms with Crippen molar-refractivity contribution in [1.82, 2.24) is 10.2 Å². The molecule has 1 amide bonds. The maximum absolute atomic E-state index is 12.2. The first kappa shape index (κ1) is 16.4. The Bertz CT molecular complexity index is 670. The molecule has 2 N–H and O–H groups in total. The maximum atomic E-state index is 12.2. The van der Waals surface area contributed by atoms with E-state index in [1.807, 2.05) is 6.92 Å². The molecule has 2 aromatic rings. The van der Waals surface area contributed by atoms with Crippen molar-refractivity contribution in [3.8, 4) is 0 Å². The number of benzene rings is 1. The lowest BCUT2D eigenvalue weighted by atomic mass is 10.1. The molecular formula is C14H16N4O2S2. The van der Waals surface area contributed by atoms with Gasteiger partial charge in [0, 0.05) is 18.3 Å². The van der Waals surface area contributed by atoms with Gasteiger partial charge in [-0.15, -0.1) is 10.2 Å². The van der Waals surface area contributed by atoms with Gasteiger partial charge in [-0.25, -0.2) is 0 Å².